The van der Waals surface area contributed by atoms with Crippen molar-refractivity contribution in [1.29, 1.82) is 0 Å². The number of fused-ring (bicyclic) bond motifs is 2. The quantitative estimate of drug-likeness (QED) is 0.446. The van der Waals surface area contributed by atoms with E-state index >= 15 is 0 Å². The third kappa shape index (κ3) is 3.08. The molecule has 3 heterocycles. The van der Waals surface area contributed by atoms with E-state index < -0.39 is 0 Å². The number of hydrogen-bond acceptors (Lipinski definition) is 4. The van der Waals surface area contributed by atoms with Crippen molar-refractivity contribution in [3.8, 4) is 17.0 Å². The number of aryl methyl sites for hydroxylation is 1. The number of carbonyl (C=O) groups is 1. The van der Waals surface area contributed by atoms with Crippen LogP contribution in [0.15, 0.2) is 77.5 Å². The fraction of sp³-hybridized carbons (Fsp3) is 0.0833. The average molecular weight is 397 g/mol. The predicted molar refractivity (Wildman–Crippen MR) is 116 cm³/mol. The molecule has 3 aromatic heterocycles. The van der Waals surface area contributed by atoms with Crippen LogP contribution in [0, 0.1) is 6.92 Å². The Hall–Kier alpha value is -4.06. The van der Waals surface area contributed by atoms with Crippen LogP contribution in [0.1, 0.15) is 16.1 Å². The van der Waals surface area contributed by atoms with E-state index in [4.69, 9.17) is 9.15 Å². The summed E-state index contributed by atoms with van der Waals surface area (Å²) in [7, 11) is 1.61. The van der Waals surface area contributed by atoms with E-state index in [2.05, 4.69) is 10.3 Å². The number of ether oxygens (including phenoxy) is 1. The SMILES string of the molecule is COc1ccc2oc(C(=O)Nc3ccc(-c4cn5ccccc5n4)cc3)c(C)c2c1. The first-order chi connectivity index (χ1) is 14.6. The van der Waals surface area contributed by atoms with E-state index in [1.807, 2.05) is 84.4 Å². The smallest absolute Gasteiger partial charge is 0.291 e. The van der Waals surface area contributed by atoms with Gasteiger partial charge in [0.05, 0.1) is 12.8 Å². The summed E-state index contributed by atoms with van der Waals surface area (Å²) in [5, 5.41) is 3.77. The highest BCUT2D eigenvalue weighted by Gasteiger charge is 2.18. The van der Waals surface area contributed by atoms with Crippen LogP contribution >= 0.6 is 0 Å². The minimum absolute atomic E-state index is 0.289. The fourth-order valence-corrected chi connectivity index (χ4v) is 3.53. The molecule has 0 aliphatic carbocycles. The zero-order valence-corrected chi connectivity index (χ0v) is 16.5. The van der Waals surface area contributed by atoms with Crippen molar-refractivity contribution >= 4 is 28.2 Å². The minimum Gasteiger partial charge on any atom is -0.497 e. The Morgan fingerprint density at radius 2 is 1.93 bits per heavy atom. The number of pyridine rings is 1. The summed E-state index contributed by atoms with van der Waals surface area (Å²) in [6, 6.07) is 19.0. The van der Waals surface area contributed by atoms with Crippen molar-refractivity contribution in [2.75, 3.05) is 12.4 Å². The Kier molecular flexibility index (Phi) is 4.25. The molecule has 2 aromatic carbocycles. The molecule has 6 nitrogen and oxygen atoms in total. The van der Waals surface area contributed by atoms with Gasteiger partial charge in [0.1, 0.15) is 17.0 Å². The van der Waals surface area contributed by atoms with Crippen molar-refractivity contribution in [1.82, 2.24) is 9.38 Å². The first-order valence-electron chi connectivity index (χ1n) is 9.55. The number of nitrogens with zero attached hydrogens (tertiary/aromatic N) is 2. The van der Waals surface area contributed by atoms with Crippen LogP contribution in [0.4, 0.5) is 5.69 Å². The van der Waals surface area contributed by atoms with Gasteiger partial charge in [0, 0.05) is 34.6 Å². The normalized spacial score (nSPS) is 11.1. The molecule has 0 unspecified atom stereocenters. The van der Waals surface area contributed by atoms with E-state index in [1.165, 1.54) is 0 Å². The molecule has 6 heteroatoms. The van der Waals surface area contributed by atoms with Gasteiger partial charge in [0.2, 0.25) is 0 Å². The summed E-state index contributed by atoms with van der Waals surface area (Å²) in [4.78, 5) is 17.4. The summed E-state index contributed by atoms with van der Waals surface area (Å²) in [5.74, 6) is 0.728. The van der Waals surface area contributed by atoms with Gasteiger partial charge in [-0.25, -0.2) is 4.98 Å². The maximum atomic E-state index is 12.8. The molecule has 0 aliphatic rings. The predicted octanol–water partition coefficient (Wildman–Crippen LogP) is 5.32. The molecule has 0 fully saturated rings. The number of benzene rings is 2. The second kappa shape index (κ2) is 7.08. The van der Waals surface area contributed by atoms with Gasteiger partial charge in [0.15, 0.2) is 5.76 Å². The maximum absolute atomic E-state index is 12.8. The van der Waals surface area contributed by atoms with Gasteiger partial charge in [-0.3, -0.25) is 4.79 Å². The highest BCUT2D eigenvalue weighted by atomic mass is 16.5. The summed E-state index contributed by atoms with van der Waals surface area (Å²) < 4.78 is 13.0. The second-order valence-electron chi connectivity index (χ2n) is 7.04. The van der Waals surface area contributed by atoms with Crippen LogP contribution in [0.25, 0.3) is 27.9 Å². The molecular weight excluding hydrogens is 378 g/mol. The van der Waals surface area contributed by atoms with E-state index in [9.17, 15) is 4.79 Å². The second-order valence-corrected chi connectivity index (χ2v) is 7.04. The Morgan fingerprint density at radius 3 is 2.70 bits per heavy atom. The van der Waals surface area contributed by atoms with Gasteiger partial charge in [-0.1, -0.05) is 18.2 Å². The highest BCUT2D eigenvalue weighted by Crippen LogP contribution is 2.29. The first-order valence-corrected chi connectivity index (χ1v) is 9.55. The molecule has 0 bridgehead atoms. The van der Waals surface area contributed by atoms with Gasteiger partial charge in [-0.15, -0.1) is 0 Å². The molecule has 5 aromatic rings. The molecule has 0 saturated carbocycles. The standard InChI is InChI=1S/C24H19N3O3/c1-15-19-13-18(29-2)10-11-21(19)30-23(15)24(28)25-17-8-6-16(7-9-17)20-14-27-12-4-3-5-22(27)26-20/h3-14H,1-2H3,(H,25,28). The van der Waals surface area contributed by atoms with Crippen molar-refractivity contribution in [3.63, 3.8) is 0 Å². The molecule has 0 radical (unpaired) electrons. The monoisotopic (exact) mass is 397 g/mol. The number of anilines is 1. The molecular formula is C24H19N3O3. The molecule has 1 amide bonds. The Labute approximate surface area is 172 Å². The van der Waals surface area contributed by atoms with Crippen LogP contribution < -0.4 is 10.1 Å². The number of carbonyl (C=O) groups excluding carboxylic acids is 1. The minimum atomic E-state index is -0.289. The number of methoxy groups -OCH3 is 1. The summed E-state index contributed by atoms with van der Waals surface area (Å²) in [6.07, 6.45) is 3.95. The van der Waals surface area contributed by atoms with Gasteiger partial charge in [-0.05, 0) is 49.4 Å². The third-order valence-electron chi connectivity index (χ3n) is 5.15. The lowest BCUT2D eigenvalue weighted by atomic mass is 10.1. The number of amides is 1. The van der Waals surface area contributed by atoms with Crippen molar-refractivity contribution in [2.45, 2.75) is 6.92 Å². The zero-order chi connectivity index (χ0) is 20.7. The van der Waals surface area contributed by atoms with Gasteiger partial charge >= 0.3 is 0 Å². The van der Waals surface area contributed by atoms with Crippen molar-refractivity contribution in [2.24, 2.45) is 0 Å². The maximum Gasteiger partial charge on any atom is 0.291 e. The lowest BCUT2D eigenvalue weighted by Gasteiger charge is -2.05. The average Bonchev–Trinajstić information content (AvgIpc) is 3.35. The van der Waals surface area contributed by atoms with Crippen LogP contribution in [0.3, 0.4) is 0 Å². The number of rotatable bonds is 4. The third-order valence-corrected chi connectivity index (χ3v) is 5.15. The number of imidazole rings is 1. The first kappa shape index (κ1) is 18.0. The number of aromatic nitrogens is 2. The van der Waals surface area contributed by atoms with Gasteiger partial charge in [-0.2, -0.15) is 0 Å². The molecule has 148 valence electrons. The van der Waals surface area contributed by atoms with Crippen molar-refractivity contribution < 1.29 is 13.9 Å². The zero-order valence-electron chi connectivity index (χ0n) is 16.5. The lowest BCUT2D eigenvalue weighted by molar-refractivity contribution is 0.0998. The number of hydrogen-bond donors (Lipinski definition) is 1. The topological polar surface area (TPSA) is 68.8 Å². The Morgan fingerprint density at radius 1 is 1.10 bits per heavy atom. The largest absolute Gasteiger partial charge is 0.497 e. The van der Waals surface area contributed by atoms with Crippen LogP contribution in [0.2, 0.25) is 0 Å². The number of nitrogens with one attached hydrogen (secondary N) is 1. The molecule has 0 saturated heterocycles. The van der Waals surface area contributed by atoms with E-state index in [0.29, 0.717) is 17.0 Å². The van der Waals surface area contributed by atoms with E-state index in [0.717, 1.165) is 33.6 Å². The van der Waals surface area contributed by atoms with Gasteiger partial charge < -0.3 is 18.9 Å². The summed E-state index contributed by atoms with van der Waals surface area (Å²) in [6.45, 7) is 1.87. The summed E-state index contributed by atoms with van der Waals surface area (Å²) >= 11 is 0. The molecule has 1 N–H and O–H groups in total. The molecule has 0 spiro atoms. The summed E-state index contributed by atoms with van der Waals surface area (Å²) in [5.41, 5.74) is 4.86. The van der Waals surface area contributed by atoms with E-state index in [-0.39, 0.29) is 5.91 Å². The van der Waals surface area contributed by atoms with Crippen LogP contribution in [0.5, 0.6) is 5.75 Å². The van der Waals surface area contributed by atoms with Gasteiger partial charge in [0.25, 0.3) is 5.91 Å². The molecule has 0 aliphatic heterocycles. The highest BCUT2D eigenvalue weighted by molar-refractivity contribution is 6.06. The molecule has 0 atom stereocenters. The van der Waals surface area contributed by atoms with Crippen LogP contribution in [-0.2, 0) is 0 Å². The van der Waals surface area contributed by atoms with E-state index in [1.54, 1.807) is 7.11 Å². The van der Waals surface area contributed by atoms with Crippen LogP contribution in [-0.4, -0.2) is 22.4 Å². The Bertz CT molecular complexity index is 1350. The number of furan rings is 1. The van der Waals surface area contributed by atoms with Crippen molar-refractivity contribution in [3.05, 3.63) is 84.4 Å². The fourth-order valence-electron chi connectivity index (χ4n) is 3.53. The molecule has 30 heavy (non-hydrogen) atoms. The Balaban J connectivity index is 1.38. The molecule has 5 rings (SSSR count). The lowest BCUT2D eigenvalue weighted by Crippen LogP contribution is -2.12.